The van der Waals surface area contributed by atoms with Crippen LogP contribution in [0.1, 0.15) is 43.5 Å². The summed E-state index contributed by atoms with van der Waals surface area (Å²) in [6, 6.07) is 17.6. The Labute approximate surface area is 161 Å². The predicted molar refractivity (Wildman–Crippen MR) is 106 cm³/mol. The van der Waals surface area contributed by atoms with E-state index in [4.69, 9.17) is 15.2 Å². The molecule has 4 atom stereocenters. The molecule has 0 spiro atoms. The van der Waals surface area contributed by atoms with E-state index in [0.717, 1.165) is 12.0 Å². The summed E-state index contributed by atoms with van der Waals surface area (Å²) in [7, 11) is 0. The van der Waals surface area contributed by atoms with Crippen LogP contribution in [0.3, 0.4) is 0 Å². The summed E-state index contributed by atoms with van der Waals surface area (Å²) < 4.78 is 11.6. The molecule has 1 aliphatic rings. The lowest BCUT2D eigenvalue weighted by Gasteiger charge is -2.26. The highest BCUT2D eigenvalue weighted by atomic mass is 16.6. The second kappa shape index (κ2) is 7.83. The lowest BCUT2D eigenvalue weighted by molar-refractivity contribution is -0.161. The molecule has 144 valence electrons. The molecular formula is C23H29NO3. The second-order valence-corrected chi connectivity index (χ2v) is 8.32. The molecule has 1 fully saturated rings. The van der Waals surface area contributed by atoms with Crippen LogP contribution in [0.15, 0.2) is 54.6 Å². The number of hydrogen-bond donors (Lipinski definition) is 1. The lowest BCUT2D eigenvalue weighted by atomic mass is 9.88. The van der Waals surface area contributed by atoms with Gasteiger partial charge in [-0.05, 0) is 38.8 Å². The van der Waals surface area contributed by atoms with Crippen molar-refractivity contribution in [3.8, 4) is 0 Å². The molecule has 1 aliphatic heterocycles. The molecule has 0 bridgehead atoms. The van der Waals surface area contributed by atoms with Crippen LogP contribution in [0.4, 0.5) is 0 Å². The maximum absolute atomic E-state index is 12.9. The molecule has 0 saturated carbocycles. The molecule has 2 aromatic rings. The lowest BCUT2D eigenvalue weighted by Crippen LogP contribution is -2.38. The minimum atomic E-state index is -0.562. The van der Waals surface area contributed by atoms with Crippen molar-refractivity contribution in [1.82, 2.24) is 0 Å². The number of aryl methyl sites for hydroxylation is 1. The highest BCUT2D eigenvalue weighted by Crippen LogP contribution is 2.39. The highest BCUT2D eigenvalue weighted by molar-refractivity contribution is 5.75. The third kappa shape index (κ3) is 5.18. The van der Waals surface area contributed by atoms with Gasteiger partial charge in [0.2, 0.25) is 0 Å². The fraction of sp³-hybridized carbons (Fsp3) is 0.435. The van der Waals surface area contributed by atoms with Crippen molar-refractivity contribution in [1.29, 1.82) is 0 Å². The van der Waals surface area contributed by atoms with Gasteiger partial charge in [0.05, 0.1) is 12.2 Å². The Morgan fingerprint density at radius 1 is 1.11 bits per heavy atom. The average molecular weight is 367 g/mol. The number of carbonyl (C=O) groups is 1. The van der Waals surface area contributed by atoms with Gasteiger partial charge in [0.1, 0.15) is 11.5 Å². The largest absolute Gasteiger partial charge is 0.460 e. The van der Waals surface area contributed by atoms with Gasteiger partial charge in [-0.2, -0.15) is 0 Å². The molecule has 4 heteroatoms. The molecule has 1 saturated heterocycles. The molecule has 1 heterocycles. The molecule has 0 aromatic heterocycles. The minimum absolute atomic E-state index is 0.0139. The number of epoxide rings is 1. The molecular weight excluding hydrogens is 338 g/mol. The maximum Gasteiger partial charge on any atom is 0.314 e. The molecule has 0 amide bonds. The van der Waals surface area contributed by atoms with Crippen LogP contribution in [-0.4, -0.2) is 23.8 Å². The van der Waals surface area contributed by atoms with Gasteiger partial charge >= 0.3 is 5.97 Å². The number of carbonyl (C=O) groups excluding carboxylic acids is 1. The molecule has 4 nitrogen and oxygen atoms in total. The Hall–Kier alpha value is -2.17. The number of esters is 1. The van der Waals surface area contributed by atoms with Crippen molar-refractivity contribution in [2.45, 2.75) is 58.0 Å². The van der Waals surface area contributed by atoms with Crippen LogP contribution in [0.2, 0.25) is 0 Å². The predicted octanol–water partition coefficient (Wildman–Crippen LogP) is 3.96. The van der Waals surface area contributed by atoms with E-state index in [1.807, 2.05) is 51.1 Å². The zero-order chi connectivity index (χ0) is 19.6. The number of hydrogen-bond acceptors (Lipinski definition) is 4. The Balaban J connectivity index is 1.76. The van der Waals surface area contributed by atoms with E-state index in [-0.39, 0.29) is 18.2 Å². The smallest absolute Gasteiger partial charge is 0.314 e. The first-order valence-electron chi connectivity index (χ1n) is 9.49. The van der Waals surface area contributed by atoms with Crippen molar-refractivity contribution in [3.63, 3.8) is 0 Å². The van der Waals surface area contributed by atoms with E-state index in [0.29, 0.717) is 0 Å². The summed E-state index contributed by atoms with van der Waals surface area (Å²) in [5.74, 6) is -0.822. The van der Waals surface area contributed by atoms with Crippen molar-refractivity contribution in [3.05, 3.63) is 71.3 Å². The van der Waals surface area contributed by atoms with E-state index >= 15 is 0 Å². The molecule has 0 radical (unpaired) electrons. The monoisotopic (exact) mass is 367 g/mol. The van der Waals surface area contributed by atoms with E-state index in [1.54, 1.807) is 0 Å². The first kappa shape index (κ1) is 19.6. The Morgan fingerprint density at radius 2 is 1.74 bits per heavy atom. The Kier molecular flexibility index (Phi) is 5.68. The van der Waals surface area contributed by atoms with Gasteiger partial charge in [-0.3, -0.25) is 4.79 Å². The summed E-state index contributed by atoms with van der Waals surface area (Å²) in [6.45, 7) is 7.67. The van der Waals surface area contributed by atoms with E-state index in [2.05, 4.69) is 31.2 Å². The molecule has 4 unspecified atom stereocenters. The number of nitrogens with two attached hydrogens (primary N) is 1. The third-order valence-corrected chi connectivity index (χ3v) is 4.78. The summed E-state index contributed by atoms with van der Waals surface area (Å²) in [5, 5.41) is 0. The fourth-order valence-corrected chi connectivity index (χ4v) is 3.33. The first-order valence-corrected chi connectivity index (χ1v) is 9.49. The quantitative estimate of drug-likeness (QED) is 0.620. The van der Waals surface area contributed by atoms with Crippen LogP contribution >= 0.6 is 0 Å². The van der Waals surface area contributed by atoms with Gasteiger partial charge in [0, 0.05) is 12.5 Å². The van der Waals surface area contributed by atoms with Gasteiger partial charge < -0.3 is 15.2 Å². The molecule has 3 rings (SSSR count). The van der Waals surface area contributed by atoms with E-state index in [9.17, 15) is 4.79 Å². The summed E-state index contributed by atoms with van der Waals surface area (Å²) in [4.78, 5) is 12.9. The average Bonchev–Trinajstić information content (AvgIpc) is 3.34. The minimum Gasteiger partial charge on any atom is -0.460 e. The first-order chi connectivity index (χ1) is 12.7. The van der Waals surface area contributed by atoms with E-state index < -0.39 is 17.6 Å². The Morgan fingerprint density at radius 3 is 2.33 bits per heavy atom. The van der Waals surface area contributed by atoms with Gasteiger partial charge in [0.15, 0.2) is 0 Å². The molecule has 2 aromatic carbocycles. The van der Waals surface area contributed by atoms with Crippen LogP contribution in [-0.2, 0) is 20.7 Å². The summed E-state index contributed by atoms with van der Waals surface area (Å²) >= 11 is 0. The van der Waals surface area contributed by atoms with Gasteiger partial charge in [-0.25, -0.2) is 0 Å². The van der Waals surface area contributed by atoms with Crippen LogP contribution < -0.4 is 5.73 Å². The van der Waals surface area contributed by atoms with Gasteiger partial charge in [-0.1, -0.05) is 60.2 Å². The van der Waals surface area contributed by atoms with E-state index in [1.165, 1.54) is 11.1 Å². The van der Waals surface area contributed by atoms with Crippen molar-refractivity contribution in [2.75, 3.05) is 0 Å². The molecule has 27 heavy (non-hydrogen) atoms. The van der Waals surface area contributed by atoms with Gasteiger partial charge in [-0.15, -0.1) is 0 Å². The summed E-state index contributed by atoms with van der Waals surface area (Å²) in [6.07, 6.45) is 0.530. The van der Waals surface area contributed by atoms with Crippen molar-refractivity contribution >= 4 is 5.97 Å². The second-order valence-electron chi connectivity index (χ2n) is 8.32. The standard InChI is InChI=1S/C23H29NO3/c1-15-10-12-16(13-11-15)14-18-21(26-18)19(22(25)27-23(2,3)4)20(24)17-8-6-5-7-9-17/h5-13,18-21H,14,24H2,1-4H3. The van der Waals surface area contributed by atoms with Gasteiger partial charge in [0.25, 0.3) is 0 Å². The number of benzene rings is 2. The topological polar surface area (TPSA) is 64.8 Å². The molecule has 2 N–H and O–H groups in total. The van der Waals surface area contributed by atoms with Crippen molar-refractivity contribution < 1.29 is 14.3 Å². The van der Waals surface area contributed by atoms with Crippen LogP contribution in [0, 0.1) is 12.8 Å². The zero-order valence-electron chi connectivity index (χ0n) is 16.5. The summed E-state index contributed by atoms with van der Waals surface area (Å²) in [5.41, 5.74) is 9.27. The number of ether oxygens (including phenoxy) is 2. The van der Waals surface area contributed by atoms with Crippen LogP contribution in [0.25, 0.3) is 0 Å². The normalized spacial score (nSPS) is 21.4. The van der Waals surface area contributed by atoms with Crippen molar-refractivity contribution in [2.24, 2.45) is 11.7 Å². The maximum atomic E-state index is 12.9. The zero-order valence-corrected chi connectivity index (χ0v) is 16.5. The highest BCUT2D eigenvalue weighted by Gasteiger charge is 2.51. The molecule has 0 aliphatic carbocycles. The SMILES string of the molecule is Cc1ccc(CC2OC2C(C(=O)OC(C)(C)C)C(N)c2ccccc2)cc1. The fourth-order valence-electron chi connectivity index (χ4n) is 3.33. The van der Waals surface area contributed by atoms with Crippen LogP contribution in [0.5, 0.6) is 0 Å². The third-order valence-electron chi connectivity index (χ3n) is 4.78. The number of rotatable bonds is 6. The Bertz CT molecular complexity index is 764.